The molecule has 1 aromatic rings. The van der Waals surface area contributed by atoms with Gasteiger partial charge in [0.1, 0.15) is 23.2 Å². The van der Waals surface area contributed by atoms with E-state index in [1.807, 2.05) is 12.2 Å². The third-order valence-corrected chi connectivity index (χ3v) is 9.26. The molecule has 4 atom stereocenters. The largest absolute Gasteiger partial charge is 0.444 e. The van der Waals surface area contributed by atoms with E-state index in [-0.39, 0.29) is 12.3 Å². The van der Waals surface area contributed by atoms with Gasteiger partial charge in [0.2, 0.25) is 21.8 Å². The minimum atomic E-state index is -4.10. The van der Waals surface area contributed by atoms with Crippen LogP contribution in [0.25, 0.3) is 0 Å². The number of fused-ring (bicyclic) bond motifs is 2. The predicted molar refractivity (Wildman–Crippen MR) is 161 cm³/mol. The number of hydrogen-bond donors (Lipinski definition) is 3. The Labute approximate surface area is 258 Å². The Kier molecular flexibility index (Phi) is 10.1. The lowest BCUT2D eigenvalue weighted by atomic mass is 10.0. The maximum absolute atomic E-state index is 13.7. The molecule has 0 spiro atoms. The van der Waals surface area contributed by atoms with E-state index in [2.05, 4.69) is 15.4 Å². The highest BCUT2D eigenvalue weighted by molar-refractivity contribution is 7.89. The van der Waals surface area contributed by atoms with Crippen molar-refractivity contribution in [3.05, 3.63) is 47.0 Å². The highest BCUT2D eigenvalue weighted by Gasteiger charge is 2.61. The molecule has 0 aromatic heterocycles. The van der Waals surface area contributed by atoms with Crippen molar-refractivity contribution in [2.75, 3.05) is 6.54 Å². The van der Waals surface area contributed by atoms with Gasteiger partial charge in [-0.1, -0.05) is 48.7 Å². The van der Waals surface area contributed by atoms with Crippen LogP contribution in [0.2, 0.25) is 5.02 Å². The van der Waals surface area contributed by atoms with Gasteiger partial charge in [-0.15, -0.1) is 0 Å². The summed E-state index contributed by atoms with van der Waals surface area (Å²) in [4.78, 5) is 54.9. The van der Waals surface area contributed by atoms with Crippen LogP contribution in [0, 0.1) is 5.92 Å². The number of nitrogens with zero attached hydrogens (tertiary/aromatic N) is 1. The first kappa shape index (κ1) is 32.8. The van der Waals surface area contributed by atoms with Gasteiger partial charge in [0, 0.05) is 17.5 Å². The van der Waals surface area contributed by atoms with Crippen molar-refractivity contribution >= 4 is 45.4 Å². The molecule has 0 unspecified atom stereocenters. The van der Waals surface area contributed by atoms with Crippen LogP contribution in [-0.4, -0.2) is 66.9 Å². The Morgan fingerprint density at radius 2 is 1.91 bits per heavy atom. The number of amides is 4. The van der Waals surface area contributed by atoms with Crippen molar-refractivity contribution in [1.29, 1.82) is 0 Å². The average molecular weight is 637 g/mol. The maximum atomic E-state index is 13.7. The van der Waals surface area contributed by atoms with Crippen molar-refractivity contribution < 1.29 is 32.3 Å². The molecule has 236 valence electrons. The number of benzene rings is 1. The minimum Gasteiger partial charge on any atom is -0.444 e. The molecule has 3 aliphatic rings. The molecule has 13 heteroatoms. The highest BCUT2D eigenvalue weighted by atomic mass is 35.5. The molecule has 1 saturated carbocycles. The van der Waals surface area contributed by atoms with Gasteiger partial charge >= 0.3 is 6.09 Å². The van der Waals surface area contributed by atoms with Crippen LogP contribution in [0.4, 0.5) is 4.79 Å². The van der Waals surface area contributed by atoms with E-state index in [9.17, 15) is 27.6 Å². The zero-order chi connectivity index (χ0) is 31.4. The Hall–Kier alpha value is -3.12. The quantitative estimate of drug-likeness (QED) is 0.418. The van der Waals surface area contributed by atoms with E-state index < -0.39 is 62.8 Å². The molecular weight excluding hydrogens is 596 g/mol. The van der Waals surface area contributed by atoms with E-state index in [4.69, 9.17) is 16.3 Å². The van der Waals surface area contributed by atoms with E-state index in [0.29, 0.717) is 49.2 Å². The normalized spacial score (nSPS) is 27.4. The van der Waals surface area contributed by atoms with Crippen LogP contribution in [0.3, 0.4) is 0 Å². The Morgan fingerprint density at radius 3 is 2.63 bits per heavy atom. The molecule has 0 bridgehead atoms. The lowest BCUT2D eigenvalue weighted by molar-refractivity contribution is -0.141. The summed E-state index contributed by atoms with van der Waals surface area (Å²) in [6.45, 7) is 5.52. The minimum absolute atomic E-state index is 0.233. The first-order valence-corrected chi connectivity index (χ1v) is 16.8. The molecule has 4 rings (SSSR count). The second kappa shape index (κ2) is 13.3. The summed E-state index contributed by atoms with van der Waals surface area (Å²) in [5.74, 6) is -2.58. The summed E-state index contributed by atoms with van der Waals surface area (Å²) >= 11 is 5.99. The smallest absolute Gasteiger partial charge is 0.408 e. The van der Waals surface area contributed by atoms with Crippen molar-refractivity contribution in [3.63, 3.8) is 0 Å². The number of rotatable bonds is 5. The number of carbonyl (C=O) groups is 4. The second-order valence-electron chi connectivity index (χ2n) is 12.5. The lowest BCUT2D eigenvalue weighted by Crippen LogP contribution is -2.58. The summed E-state index contributed by atoms with van der Waals surface area (Å²) in [6, 6.07) is 4.62. The molecule has 4 amide bonds. The van der Waals surface area contributed by atoms with Gasteiger partial charge in [0.15, 0.2) is 0 Å². The van der Waals surface area contributed by atoms with Gasteiger partial charge in [-0.05, 0) is 77.0 Å². The molecule has 11 nitrogen and oxygen atoms in total. The molecule has 1 aromatic carbocycles. The van der Waals surface area contributed by atoms with Crippen molar-refractivity contribution in [2.24, 2.45) is 5.92 Å². The van der Waals surface area contributed by atoms with Gasteiger partial charge in [-0.25, -0.2) is 13.2 Å². The van der Waals surface area contributed by atoms with E-state index in [1.165, 1.54) is 11.0 Å². The standard InChI is InChI=1S/C30H41ClN4O7S/c1-29(2,3)42-28(39)32-23-14-8-6-4-5-7-12-21-18-30(21,33-25(36)24-15-10-16-35(24)26(23)37)27(38)34-43(40,41)19-20-11-9-13-22(31)17-20/h7,9,11-13,17,21,23-24H,4-6,8,10,14-16,18-19H2,1-3H3,(H,32,39)(H,33,36)(H,34,38)/b12-7-/t21-,23-,24-,30+/m0/s1. The first-order chi connectivity index (χ1) is 20.2. The van der Waals surface area contributed by atoms with Gasteiger partial charge in [-0.3, -0.25) is 19.1 Å². The zero-order valence-corrected chi connectivity index (χ0v) is 26.4. The Balaban J connectivity index is 1.53. The van der Waals surface area contributed by atoms with Crippen molar-refractivity contribution in [3.8, 4) is 0 Å². The Bertz CT molecular complexity index is 1380. The van der Waals surface area contributed by atoms with Crippen LogP contribution >= 0.6 is 11.6 Å². The van der Waals surface area contributed by atoms with Gasteiger partial charge < -0.3 is 20.3 Å². The summed E-state index contributed by atoms with van der Waals surface area (Å²) in [5.41, 5.74) is -1.79. The summed E-state index contributed by atoms with van der Waals surface area (Å²) in [7, 11) is -4.10. The van der Waals surface area contributed by atoms with Crippen LogP contribution in [-0.2, 0) is 34.9 Å². The summed E-state index contributed by atoms with van der Waals surface area (Å²) in [6.07, 6.45) is 7.69. The molecule has 2 aliphatic heterocycles. The van der Waals surface area contributed by atoms with Crippen LogP contribution in [0.5, 0.6) is 0 Å². The predicted octanol–water partition coefficient (Wildman–Crippen LogP) is 3.57. The van der Waals surface area contributed by atoms with Gasteiger partial charge in [0.25, 0.3) is 5.91 Å². The van der Waals surface area contributed by atoms with E-state index in [1.54, 1.807) is 39.0 Å². The van der Waals surface area contributed by atoms with E-state index in [0.717, 1.165) is 12.8 Å². The molecule has 1 saturated heterocycles. The first-order valence-electron chi connectivity index (χ1n) is 14.8. The third-order valence-electron chi connectivity index (χ3n) is 7.82. The van der Waals surface area contributed by atoms with Crippen LogP contribution in [0.1, 0.15) is 77.7 Å². The number of allylic oxidation sites excluding steroid dienone is 1. The molecular formula is C30H41ClN4O7S. The van der Waals surface area contributed by atoms with E-state index >= 15 is 0 Å². The molecule has 43 heavy (non-hydrogen) atoms. The van der Waals surface area contributed by atoms with Crippen molar-refractivity contribution in [2.45, 2.75) is 101 Å². The van der Waals surface area contributed by atoms with Crippen LogP contribution < -0.4 is 15.4 Å². The third kappa shape index (κ3) is 8.72. The monoisotopic (exact) mass is 636 g/mol. The molecule has 3 N–H and O–H groups in total. The van der Waals surface area contributed by atoms with Crippen molar-refractivity contribution in [1.82, 2.24) is 20.3 Å². The number of halogens is 1. The van der Waals surface area contributed by atoms with Gasteiger partial charge in [-0.2, -0.15) is 0 Å². The topological polar surface area (TPSA) is 151 Å². The van der Waals surface area contributed by atoms with Gasteiger partial charge in [0.05, 0.1) is 5.75 Å². The Morgan fingerprint density at radius 1 is 1.14 bits per heavy atom. The summed E-state index contributed by atoms with van der Waals surface area (Å²) < 4.78 is 33.4. The molecule has 2 fully saturated rings. The fraction of sp³-hybridized carbons (Fsp3) is 0.600. The number of carbonyl (C=O) groups excluding carboxylic acids is 4. The molecule has 1 aliphatic carbocycles. The fourth-order valence-electron chi connectivity index (χ4n) is 5.66. The lowest BCUT2D eigenvalue weighted by Gasteiger charge is -2.30. The van der Waals surface area contributed by atoms with Crippen LogP contribution in [0.15, 0.2) is 36.4 Å². The molecule has 0 radical (unpaired) electrons. The highest BCUT2D eigenvalue weighted by Crippen LogP contribution is 2.45. The fourth-order valence-corrected chi connectivity index (χ4v) is 7.03. The second-order valence-corrected chi connectivity index (χ2v) is 14.7. The molecule has 2 heterocycles. The number of nitrogens with one attached hydrogen (secondary N) is 3. The summed E-state index contributed by atoms with van der Waals surface area (Å²) in [5, 5.41) is 5.89. The zero-order valence-electron chi connectivity index (χ0n) is 24.9. The SMILES string of the molecule is CC(C)(C)OC(=O)N[C@H]1CCCCC/C=C\[C@H]2C[C@@]2(C(=O)NS(=O)(=O)Cc2cccc(Cl)c2)NC(=O)[C@@H]2CCCN2C1=O. The number of sulfonamides is 1. The number of hydrogen-bond acceptors (Lipinski definition) is 7. The average Bonchev–Trinajstić information content (AvgIpc) is 3.35. The number of alkyl carbamates (subject to hydrolysis) is 1. The number of ether oxygens (including phenoxy) is 1. The maximum Gasteiger partial charge on any atom is 0.408 e.